The van der Waals surface area contributed by atoms with Gasteiger partial charge in [0.2, 0.25) is 0 Å². The van der Waals surface area contributed by atoms with E-state index < -0.39 is 0 Å². The quantitative estimate of drug-likeness (QED) is 0.830. The molecule has 0 fully saturated rings. The van der Waals surface area contributed by atoms with Crippen LogP contribution in [0.15, 0.2) is 30.6 Å². The lowest BCUT2D eigenvalue weighted by Gasteiger charge is -2.13. The first kappa shape index (κ1) is 10.2. The summed E-state index contributed by atoms with van der Waals surface area (Å²) in [6.45, 7) is 0. The summed E-state index contributed by atoms with van der Waals surface area (Å²) in [6, 6.07) is 6.01. The molecule has 88 valence electrons. The van der Waals surface area contributed by atoms with Crippen molar-refractivity contribution in [3.63, 3.8) is 0 Å². The second-order valence-corrected chi connectivity index (χ2v) is 4.48. The Morgan fingerprint density at radius 2 is 2.35 bits per heavy atom. The van der Waals surface area contributed by atoms with Crippen LogP contribution in [0.1, 0.15) is 23.6 Å². The molecule has 1 unspecified atom stereocenters. The van der Waals surface area contributed by atoms with Gasteiger partial charge in [-0.3, -0.25) is 4.68 Å². The molecular weight excluding hydrogens is 214 g/mol. The SMILES string of the molecule is Cn1cc(NC2CCc3c(O)cccc32)cn1. The van der Waals surface area contributed by atoms with E-state index in [2.05, 4.69) is 16.5 Å². The zero-order chi connectivity index (χ0) is 11.8. The third-order valence-corrected chi connectivity index (χ3v) is 3.29. The lowest BCUT2D eigenvalue weighted by molar-refractivity contribution is 0.469. The number of hydrogen-bond donors (Lipinski definition) is 2. The molecule has 1 aliphatic rings. The van der Waals surface area contributed by atoms with Crippen LogP contribution in [-0.4, -0.2) is 14.9 Å². The van der Waals surface area contributed by atoms with E-state index in [0.717, 1.165) is 24.1 Å². The van der Waals surface area contributed by atoms with Crippen LogP contribution < -0.4 is 5.32 Å². The van der Waals surface area contributed by atoms with Crippen molar-refractivity contribution in [1.82, 2.24) is 9.78 Å². The van der Waals surface area contributed by atoms with E-state index in [0.29, 0.717) is 5.75 Å². The van der Waals surface area contributed by atoms with Gasteiger partial charge in [-0.15, -0.1) is 0 Å². The standard InChI is InChI=1S/C13H15N3O/c1-16-8-9(7-14-16)15-12-6-5-11-10(12)3-2-4-13(11)17/h2-4,7-8,12,15,17H,5-6H2,1H3. The Balaban J connectivity index is 1.86. The number of nitrogens with zero attached hydrogens (tertiary/aromatic N) is 2. The highest BCUT2D eigenvalue weighted by Crippen LogP contribution is 2.37. The van der Waals surface area contributed by atoms with Gasteiger partial charge >= 0.3 is 0 Å². The molecule has 3 rings (SSSR count). The largest absolute Gasteiger partial charge is 0.508 e. The van der Waals surface area contributed by atoms with Crippen molar-refractivity contribution in [1.29, 1.82) is 0 Å². The fourth-order valence-corrected chi connectivity index (χ4v) is 2.48. The van der Waals surface area contributed by atoms with Crippen molar-refractivity contribution in [2.24, 2.45) is 7.05 Å². The number of nitrogens with one attached hydrogen (secondary N) is 1. The van der Waals surface area contributed by atoms with Crippen molar-refractivity contribution >= 4 is 5.69 Å². The number of benzene rings is 1. The predicted molar refractivity (Wildman–Crippen MR) is 66.0 cm³/mol. The smallest absolute Gasteiger partial charge is 0.119 e. The first-order valence-electron chi connectivity index (χ1n) is 5.80. The summed E-state index contributed by atoms with van der Waals surface area (Å²) in [5.74, 6) is 0.415. The van der Waals surface area contributed by atoms with Gasteiger partial charge in [-0.1, -0.05) is 12.1 Å². The minimum Gasteiger partial charge on any atom is -0.508 e. The molecule has 1 aromatic heterocycles. The van der Waals surface area contributed by atoms with Crippen LogP contribution in [-0.2, 0) is 13.5 Å². The molecule has 0 radical (unpaired) electrons. The van der Waals surface area contributed by atoms with Crippen molar-refractivity contribution < 1.29 is 5.11 Å². The Hall–Kier alpha value is -1.97. The molecule has 0 spiro atoms. The molecule has 2 aromatic rings. The summed E-state index contributed by atoms with van der Waals surface area (Å²) >= 11 is 0. The molecule has 1 aliphatic carbocycles. The third kappa shape index (κ3) is 1.75. The van der Waals surface area contributed by atoms with Gasteiger partial charge < -0.3 is 10.4 Å². The maximum atomic E-state index is 9.78. The second kappa shape index (κ2) is 3.80. The molecule has 0 saturated heterocycles. The number of rotatable bonds is 2. The number of aromatic nitrogens is 2. The van der Waals surface area contributed by atoms with E-state index in [-0.39, 0.29) is 6.04 Å². The third-order valence-electron chi connectivity index (χ3n) is 3.29. The number of aryl methyl sites for hydroxylation is 1. The Bertz CT molecular complexity index is 547. The predicted octanol–water partition coefficient (Wildman–Crippen LogP) is 2.23. The van der Waals surface area contributed by atoms with E-state index in [1.54, 1.807) is 10.7 Å². The first-order chi connectivity index (χ1) is 8.24. The van der Waals surface area contributed by atoms with Gasteiger partial charge in [-0.2, -0.15) is 5.10 Å². The van der Waals surface area contributed by atoms with Gasteiger partial charge in [0.05, 0.1) is 17.9 Å². The Morgan fingerprint density at radius 3 is 3.12 bits per heavy atom. The summed E-state index contributed by atoms with van der Waals surface area (Å²) < 4.78 is 1.78. The molecular formula is C13H15N3O. The zero-order valence-electron chi connectivity index (χ0n) is 9.72. The first-order valence-corrected chi connectivity index (χ1v) is 5.80. The molecule has 0 aliphatic heterocycles. The summed E-state index contributed by atoms with van der Waals surface area (Å²) in [5, 5.41) is 17.4. The summed E-state index contributed by atoms with van der Waals surface area (Å²) in [5.41, 5.74) is 3.30. The second-order valence-electron chi connectivity index (χ2n) is 4.48. The highest BCUT2D eigenvalue weighted by Gasteiger charge is 2.24. The number of aromatic hydroxyl groups is 1. The highest BCUT2D eigenvalue weighted by atomic mass is 16.3. The molecule has 1 heterocycles. The van der Waals surface area contributed by atoms with E-state index in [1.165, 1.54) is 5.56 Å². The van der Waals surface area contributed by atoms with Crippen LogP contribution in [0.25, 0.3) is 0 Å². The zero-order valence-corrected chi connectivity index (χ0v) is 9.72. The fraction of sp³-hybridized carbons (Fsp3) is 0.308. The van der Waals surface area contributed by atoms with Gasteiger partial charge in [-0.25, -0.2) is 0 Å². The van der Waals surface area contributed by atoms with E-state index in [9.17, 15) is 5.11 Å². The minimum absolute atomic E-state index is 0.279. The van der Waals surface area contributed by atoms with Crippen molar-refractivity contribution in [3.05, 3.63) is 41.7 Å². The normalized spacial score (nSPS) is 18.1. The van der Waals surface area contributed by atoms with Crippen molar-refractivity contribution in [2.75, 3.05) is 5.32 Å². The Kier molecular flexibility index (Phi) is 2.28. The Morgan fingerprint density at radius 1 is 1.47 bits per heavy atom. The lowest BCUT2D eigenvalue weighted by atomic mass is 10.1. The summed E-state index contributed by atoms with van der Waals surface area (Å²) in [4.78, 5) is 0. The van der Waals surface area contributed by atoms with Crippen LogP contribution in [0.2, 0.25) is 0 Å². The van der Waals surface area contributed by atoms with Gasteiger partial charge in [0.25, 0.3) is 0 Å². The number of phenolic OH excluding ortho intramolecular Hbond substituents is 1. The molecule has 17 heavy (non-hydrogen) atoms. The van der Waals surface area contributed by atoms with Crippen LogP contribution >= 0.6 is 0 Å². The summed E-state index contributed by atoms with van der Waals surface area (Å²) in [7, 11) is 1.90. The molecule has 4 nitrogen and oxygen atoms in total. The highest BCUT2D eigenvalue weighted by molar-refractivity contribution is 5.49. The van der Waals surface area contributed by atoms with Gasteiger partial charge in [0, 0.05) is 13.2 Å². The van der Waals surface area contributed by atoms with Crippen LogP contribution in [0, 0.1) is 0 Å². The molecule has 2 N–H and O–H groups in total. The molecule has 0 bridgehead atoms. The number of anilines is 1. The average molecular weight is 229 g/mol. The molecule has 0 amide bonds. The molecule has 4 heteroatoms. The maximum Gasteiger partial charge on any atom is 0.119 e. The van der Waals surface area contributed by atoms with E-state index in [4.69, 9.17) is 0 Å². The van der Waals surface area contributed by atoms with Crippen LogP contribution in [0.4, 0.5) is 5.69 Å². The van der Waals surface area contributed by atoms with E-state index in [1.807, 2.05) is 25.5 Å². The van der Waals surface area contributed by atoms with Crippen LogP contribution in [0.3, 0.4) is 0 Å². The monoisotopic (exact) mass is 229 g/mol. The topological polar surface area (TPSA) is 50.1 Å². The molecule has 1 aromatic carbocycles. The number of hydrogen-bond acceptors (Lipinski definition) is 3. The van der Waals surface area contributed by atoms with Gasteiger partial charge in [0.15, 0.2) is 0 Å². The average Bonchev–Trinajstić information content (AvgIpc) is 2.88. The number of fused-ring (bicyclic) bond motifs is 1. The summed E-state index contributed by atoms with van der Waals surface area (Å²) in [6.07, 6.45) is 5.73. The van der Waals surface area contributed by atoms with Crippen molar-refractivity contribution in [2.45, 2.75) is 18.9 Å². The fourth-order valence-electron chi connectivity index (χ4n) is 2.48. The van der Waals surface area contributed by atoms with Crippen molar-refractivity contribution in [3.8, 4) is 5.75 Å². The molecule has 0 saturated carbocycles. The van der Waals surface area contributed by atoms with E-state index >= 15 is 0 Å². The Labute approximate surface area is 99.9 Å². The number of phenols is 1. The van der Waals surface area contributed by atoms with Crippen LogP contribution in [0.5, 0.6) is 5.75 Å². The maximum absolute atomic E-state index is 9.78. The minimum atomic E-state index is 0.279. The molecule has 1 atom stereocenters. The lowest BCUT2D eigenvalue weighted by Crippen LogP contribution is -2.06. The van der Waals surface area contributed by atoms with Gasteiger partial charge in [0.1, 0.15) is 5.75 Å². The van der Waals surface area contributed by atoms with Gasteiger partial charge in [-0.05, 0) is 30.0 Å².